The SMILES string of the molecule is CCOc1c(Cl)cc(/C=C/C(=O)N2CCN(S(=O)(=O)c3cc(C)sc3C)CC2)cc1OC. The van der Waals surface area contributed by atoms with E-state index in [0.29, 0.717) is 46.7 Å². The number of sulfonamides is 1. The second-order valence-electron chi connectivity index (χ2n) is 7.31. The first-order chi connectivity index (χ1) is 15.2. The molecule has 0 spiro atoms. The maximum atomic E-state index is 13.0. The molecule has 0 unspecified atom stereocenters. The Labute approximate surface area is 198 Å². The Balaban J connectivity index is 1.65. The number of carbonyl (C=O) groups excluding carboxylic acids is 1. The summed E-state index contributed by atoms with van der Waals surface area (Å²) in [6, 6.07) is 5.16. The van der Waals surface area contributed by atoms with E-state index in [9.17, 15) is 13.2 Å². The van der Waals surface area contributed by atoms with Crippen LogP contribution in [0.15, 0.2) is 29.2 Å². The molecular weight excluding hydrogens is 472 g/mol. The monoisotopic (exact) mass is 498 g/mol. The molecule has 1 fully saturated rings. The molecule has 174 valence electrons. The van der Waals surface area contributed by atoms with Crippen LogP contribution in [0.5, 0.6) is 11.5 Å². The maximum absolute atomic E-state index is 13.0. The lowest BCUT2D eigenvalue weighted by molar-refractivity contribution is -0.127. The molecule has 2 aromatic rings. The standard InChI is InChI=1S/C22H27ClN2O5S2/c1-5-30-22-18(23)13-17(14-19(22)29-4)6-7-21(26)24-8-10-25(11-9-24)32(27,28)20-12-15(2)31-16(20)3/h6-7,12-14H,5,8-11H2,1-4H3/b7-6+. The molecule has 1 aliphatic rings. The molecule has 7 nitrogen and oxygen atoms in total. The molecule has 32 heavy (non-hydrogen) atoms. The van der Waals surface area contributed by atoms with Gasteiger partial charge in [-0.1, -0.05) is 11.6 Å². The van der Waals surface area contributed by atoms with E-state index in [1.807, 2.05) is 20.8 Å². The first kappa shape index (κ1) is 24.6. The van der Waals surface area contributed by atoms with Crippen molar-refractivity contribution in [3.63, 3.8) is 0 Å². The van der Waals surface area contributed by atoms with Gasteiger partial charge >= 0.3 is 0 Å². The van der Waals surface area contributed by atoms with Crippen molar-refractivity contribution in [2.75, 3.05) is 39.9 Å². The molecule has 1 aromatic carbocycles. The van der Waals surface area contributed by atoms with Crippen LogP contribution in [0.2, 0.25) is 5.02 Å². The highest BCUT2D eigenvalue weighted by atomic mass is 35.5. The molecule has 1 aromatic heterocycles. The number of hydrogen-bond acceptors (Lipinski definition) is 6. The van der Waals surface area contributed by atoms with Crippen molar-refractivity contribution in [3.05, 3.63) is 44.6 Å². The van der Waals surface area contributed by atoms with Gasteiger partial charge in [-0.25, -0.2) is 8.42 Å². The number of nitrogens with zero attached hydrogens (tertiary/aromatic N) is 2. The summed E-state index contributed by atoms with van der Waals surface area (Å²) in [5.74, 6) is 0.770. The van der Waals surface area contributed by atoms with Crippen molar-refractivity contribution < 1.29 is 22.7 Å². The number of rotatable bonds is 7. The fraction of sp³-hybridized carbons (Fsp3) is 0.409. The lowest BCUT2D eigenvalue weighted by Crippen LogP contribution is -2.50. The Hall–Kier alpha value is -2.07. The van der Waals surface area contributed by atoms with Crippen molar-refractivity contribution >= 4 is 44.9 Å². The molecule has 0 N–H and O–H groups in total. The van der Waals surface area contributed by atoms with Crippen LogP contribution < -0.4 is 9.47 Å². The third-order valence-corrected chi connectivity index (χ3v) is 8.52. The summed E-state index contributed by atoms with van der Waals surface area (Å²) in [7, 11) is -2.02. The molecular formula is C22H27ClN2O5S2. The van der Waals surface area contributed by atoms with Gasteiger partial charge in [-0.15, -0.1) is 11.3 Å². The first-order valence-electron chi connectivity index (χ1n) is 10.2. The molecule has 0 bridgehead atoms. The molecule has 0 aliphatic carbocycles. The van der Waals surface area contributed by atoms with Crippen molar-refractivity contribution in [3.8, 4) is 11.5 Å². The summed E-state index contributed by atoms with van der Waals surface area (Å²) >= 11 is 7.75. The Kier molecular flexibility index (Phi) is 7.87. The number of halogens is 1. The topological polar surface area (TPSA) is 76.2 Å². The predicted octanol–water partition coefficient (Wildman–Crippen LogP) is 3.97. The number of methoxy groups -OCH3 is 1. The quantitative estimate of drug-likeness (QED) is 0.540. The van der Waals surface area contributed by atoms with Gasteiger partial charge in [-0.3, -0.25) is 4.79 Å². The summed E-state index contributed by atoms with van der Waals surface area (Å²) in [6.45, 7) is 7.21. The first-order valence-corrected chi connectivity index (χ1v) is 12.8. The minimum atomic E-state index is -3.55. The van der Waals surface area contributed by atoms with E-state index in [-0.39, 0.29) is 19.0 Å². The summed E-state index contributed by atoms with van der Waals surface area (Å²) in [5.41, 5.74) is 0.702. The smallest absolute Gasteiger partial charge is 0.246 e. The Bertz CT molecular complexity index is 1120. The zero-order valence-corrected chi connectivity index (χ0v) is 20.9. The van der Waals surface area contributed by atoms with Crippen LogP contribution in [0.1, 0.15) is 22.2 Å². The highest BCUT2D eigenvalue weighted by molar-refractivity contribution is 7.89. The minimum Gasteiger partial charge on any atom is -0.493 e. The Morgan fingerprint density at radius 3 is 2.44 bits per heavy atom. The van der Waals surface area contributed by atoms with Crippen LogP contribution in [0, 0.1) is 13.8 Å². The fourth-order valence-electron chi connectivity index (χ4n) is 3.54. The lowest BCUT2D eigenvalue weighted by atomic mass is 10.1. The van der Waals surface area contributed by atoms with Crippen molar-refractivity contribution in [2.45, 2.75) is 25.7 Å². The predicted molar refractivity (Wildman–Crippen MR) is 127 cm³/mol. The number of aryl methyl sites for hydroxylation is 2. The van der Waals surface area contributed by atoms with Crippen LogP contribution in [-0.4, -0.2) is 63.4 Å². The Morgan fingerprint density at radius 2 is 1.88 bits per heavy atom. The average molecular weight is 499 g/mol. The molecule has 3 rings (SSSR count). The van der Waals surface area contributed by atoms with Crippen LogP contribution in [0.3, 0.4) is 0 Å². The fourth-order valence-corrected chi connectivity index (χ4v) is 6.76. The molecule has 10 heteroatoms. The zero-order chi connectivity index (χ0) is 23.5. The van der Waals surface area contributed by atoms with E-state index < -0.39 is 10.0 Å². The van der Waals surface area contributed by atoms with Gasteiger partial charge in [-0.05, 0) is 50.6 Å². The van der Waals surface area contributed by atoms with Crippen molar-refractivity contribution in [2.24, 2.45) is 0 Å². The van der Waals surface area contributed by atoms with Crippen LogP contribution in [0.4, 0.5) is 0 Å². The number of ether oxygens (including phenoxy) is 2. The third-order valence-electron chi connectivity index (χ3n) is 5.12. The summed E-state index contributed by atoms with van der Waals surface area (Å²) in [5, 5.41) is 0.399. The van der Waals surface area contributed by atoms with Gasteiger partial charge in [0.2, 0.25) is 15.9 Å². The average Bonchev–Trinajstić information content (AvgIpc) is 3.12. The third kappa shape index (κ3) is 5.28. The summed E-state index contributed by atoms with van der Waals surface area (Å²) in [6.07, 6.45) is 3.12. The van der Waals surface area contributed by atoms with Gasteiger partial charge in [0.1, 0.15) is 0 Å². The Morgan fingerprint density at radius 1 is 1.19 bits per heavy atom. The van der Waals surface area contributed by atoms with E-state index in [2.05, 4.69) is 0 Å². The molecule has 2 heterocycles. The van der Waals surface area contributed by atoms with Crippen molar-refractivity contribution in [1.29, 1.82) is 0 Å². The van der Waals surface area contributed by atoms with E-state index in [4.69, 9.17) is 21.1 Å². The number of carbonyl (C=O) groups is 1. The summed E-state index contributed by atoms with van der Waals surface area (Å²) in [4.78, 5) is 16.4. The minimum absolute atomic E-state index is 0.186. The maximum Gasteiger partial charge on any atom is 0.246 e. The van der Waals surface area contributed by atoms with Gasteiger partial charge in [0.05, 0.1) is 23.6 Å². The van der Waals surface area contributed by atoms with Gasteiger partial charge in [0, 0.05) is 42.0 Å². The second kappa shape index (κ2) is 10.2. The molecule has 0 saturated carbocycles. The zero-order valence-electron chi connectivity index (χ0n) is 18.6. The molecule has 0 radical (unpaired) electrons. The molecule has 0 atom stereocenters. The highest BCUT2D eigenvalue weighted by Crippen LogP contribution is 2.36. The number of benzene rings is 1. The second-order valence-corrected chi connectivity index (χ2v) is 11.1. The van der Waals surface area contributed by atoms with E-state index >= 15 is 0 Å². The lowest BCUT2D eigenvalue weighted by Gasteiger charge is -2.33. The van der Waals surface area contributed by atoms with Gasteiger partial charge < -0.3 is 14.4 Å². The van der Waals surface area contributed by atoms with Crippen molar-refractivity contribution in [1.82, 2.24) is 9.21 Å². The number of thiophene rings is 1. The normalized spacial score (nSPS) is 15.3. The van der Waals surface area contributed by atoms with Crippen LogP contribution in [0.25, 0.3) is 6.08 Å². The van der Waals surface area contributed by atoms with Crippen LogP contribution >= 0.6 is 22.9 Å². The van der Waals surface area contributed by atoms with Gasteiger partial charge in [0.25, 0.3) is 0 Å². The number of hydrogen-bond donors (Lipinski definition) is 0. The van der Waals surface area contributed by atoms with Gasteiger partial charge in [-0.2, -0.15) is 4.31 Å². The molecule has 1 amide bonds. The molecule has 1 aliphatic heterocycles. The molecule has 1 saturated heterocycles. The highest BCUT2D eigenvalue weighted by Gasteiger charge is 2.31. The van der Waals surface area contributed by atoms with Crippen LogP contribution in [-0.2, 0) is 14.8 Å². The van der Waals surface area contributed by atoms with Gasteiger partial charge in [0.15, 0.2) is 11.5 Å². The van der Waals surface area contributed by atoms with E-state index in [1.54, 1.807) is 29.2 Å². The van der Waals surface area contributed by atoms with E-state index in [1.165, 1.54) is 28.8 Å². The number of amides is 1. The summed E-state index contributed by atoms with van der Waals surface area (Å²) < 4.78 is 38.2. The largest absolute Gasteiger partial charge is 0.493 e. The van der Waals surface area contributed by atoms with E-state index in [0.717, 1.165) is 9.75 Å². The number of piperazine rings is 1.